The molecule has 1 aromatic carbocycles. The van der Waals surface area contributed by atoms with Gasteiger partial charge in [0.25, 0.3) is 11.8 Å². The van der Waals surface area contributed by atoms with E-state index in [2.05, 4.69) is 85.9 Å². The Kier molecular flexibility index (Phi) is 14.3. The van der Waals surface area contributed by atoms with Crippen LogP contribution in [0.1, 0.15) is 62.3 Å². The summed E-state index contributed by atoms with van der Waals surface area (Å²) in [5, 5.41) is 11.7. The number of fused-ring (bicyclic) bond motifs is 3. The first-order valence-electron chi connectivity index (χ1n) is 19.7. The van der Waals surface area contributed by atoms with Crippen molar-refractivity contribution in [1.29, 1.82) is 0 Å². The van der Waals surface area contributed by atoms with Crippen LogP contribution >= 0.6 is 27.5 Å². The molecule has 6 aromatic rings. The molecular formula is C41H58BrClN10O4Si2. The second-order valence-electron chi connectivity index (χ2n) is 19.1. The molecule has 6 rings (SSSR count). The number of hydrogen-bond acceptors (Lipinski definition) is 9. The third-order valence-electron chi connectivity index (χ3n) is 8.77. The van der Waals surface area contributed by atoms with Crippen molar-refractivity contribution in [3.05, 3.63) is 69.9 Å². The number of aromatic nitrogens is 8. The van der Waals surface area contributed by atoms with Crippen LogP contribution in [0.5, 0.6) is 0 Å². The molecule has 0 aliphatic rings. The van der Waals surface area contributed by atoms with Gasteiger partial charge in [-0.25, -0.2) is 24.6 Å². The maximum atomic E-state index is 13.1. The van der Waals surface area contributed by atoms with E-state index in [-0.39, 0.29) is 17.4 Å². The highest BCUT2D eigenvalue weighted by atomic mass is 79.9. The van der Waals surface area contributed by atoms with Crippen molar-refractivity contribution in [1.82, 2.24) is 49.5 Å². The Hall–Kier alpha value is -4.01. The first-order valence-corrected chi connectivity index (χ1v) is 28.3. The lowest BCUT2D eigenvalue weighted by Crippen LogP contribution is -2.40. The monoisotopic (exact) mass is 924 g/mol. The number of ether oxygens (including phenoxy) is 2. The number of carbonyl (C=O) groups excluding carboxylic acids is 2. The van der Waals surface area contributed by atoms with Crippen LogP contribution in [0.3, 0.4) is 0 Å². The smallest absolute Gasteiger partial charge is 0.255 e. The van der Waals surface area contributed by atoms with Crippen molar-refractivity contribution in [2.45, 2.75) is 117 Å². The lowest BCUT2D eigenvalue weighted by atomic mass is 10.1. The lowest BCUT2D eigenvalue weighted by molar-refractivity contribution is 0.0879. The maximum Gasteiger partial charge on any atom is 0.255 e. The molecule has 0 radical (unpaired) electrons. The predicted molar refractivity (Wildman–Crippen MR) is 245 cm³/mol. The van der Waals surface area contributed by atoms with Gasteiger partial charge < -0.3 is 29.2 Å². The number of benzene rings is 1. The Balaban J connectivity index is 0.000000236. The molecule has 0 aliphatic heterocycles. The van der Waals surface area contributed by atoms with Gasteiger partial charge in [0, 0.05) is 58.2 Å². The normalized spacial score (nSPS) is 12.6. The molecule has 18 heteroatoms. The molecular weight excluding hydrogens is 868 g/mol. The average molecular weight is 927 g/mol. The SMILES string of the molecule is CC(C)(C)NC(=O)c1cn(COCC[Si](C)(C)C)c2ncc(-n3nc(Cl)c4ccccc43)nc12.CC(C)(C)NC(=O)c1cn(COCC[Si](C)(C)C)c2ncc(Br)nc12. The summed E-state index contributed by atoms with van der Waals surface area (Å²) in [5.74, 6) is 0.108. The van der Waals surface area contributed by atoms with Crippen LogP contribution in [0, 0.1) is 0 Å². The molecule has 5 aromatic heterocycles. The minimum Gasteiger partial charge on any atom is -0.361 e. The van der Waals surface area contributed by atoms with Crippen molar-refractivity contribution < 1.29 is 19.1 Å². The summed E-state index contributed by atoms with van der Waals surface area (Å²) in [5.41, 5.74) is 3.34. The van der Waals surface area contributed by atoms with Crippen LogP contribution in [0.25, 0.3) is 39.0 Å². The summed E-state index contributed by atoms with van der Waals surface area (Å²) in [7, 11) is -2.33. The average Bonchev–Trinajstić information content (AvgIpc) is 3.77. The molecule has 5 heterocycles. The summed E-state index contributed by atoms with van der Waals surface area (Å²) >= 11 is 9.68. The highest BCUT2D eigenvalue weighted by molar-refractivity contribution is 9.10. The highest BCUT2D eigenvalue weighted by Crippen LogP contribution is 2.27. The minimum absolute atomic E-state index is 0.161. The fourth-order valence-corrected chi connectivity index (χ4v) is 7.83. The van der Waals surface area contributed by atoms with E-state index in [1.807, 2.05) is 74.9 Å². The number of hydrogen-bond donors (Lipinski definition) is 2. The molecule has 59 heavy (non-hydrogen) atoms. The van der Waals surface area contributed by atoms with Crippen LogP contribution in [-0.4, -0.2) is 91.1 Å². The zero-order chi connectivity index (χ0) is 43.5. The Labute approximate surface area is 362 Å². The summed E-state index contributed by atoms with van der Waals surface area (Å²) in [6.07, 6.45) is 6.80. The summed E-state index contributed by atoms with van der Waals surface area (Å²) in [4.78, 5) is 44.1. The minimum atomic E-state index is -1.20. The van der Waals surface area contributed by atoms with Gasteiger partial charge in [-0.05, 0) is 81.7 Å². The molecule has 0 spiro atoms. The molecule has 2 amide bonds. The largest absolute Gasteiger partial charge is 0.361 e. The van der Waals surface area contributed by atoms with E-state index in [0.717, 1.165) is 23.0 Å². The first kappa shape index (κ1) is 46.1. The zero-order valence-corrected chi connectivity index (χ0v) is 40.7. The predicted octanol–water partition coefficient (Wildman–Crippen LogP) is 9.30. The van der Waals surface area contributed by atoms with Gasteiger partial charge in [-0.3, -0.25) is 9.59 Å². The van der Waals surface area contributed by atoms with Crippen molar-refractivity contribution in [2.75, 3.05) is 13.2 Å². The molecule has 0 aliphatic carbocycles. The van der Waals surface area contributed by atoms with Crippen LogP contribution in [-0.2, 0) is 22.9 Å². The zero-order valence-electron chi connectivity index (χ0n) is 36.3. The number of carbonyl (C=O) groups is 2. The van der Waals surface area contributed by atoms with Gasteiger partial charge in [0.2, 0.25) is 0 Å². The van der Waals surface area contributed by atoms with Crippen LogP contribution in [0.15, 0.2) is 53.7 Å². The Morgan fingerprint density at radius 3 is 1.71 bits per heavy atom. The molecule has 0 unspecified atom stereocenters. The third-order valence-corrected chi connectivity index (χ3v) is 12.8. The van der Waals surface area contributed by atoms with Gasteiger partial charge in [-0.1, -0.05) is 63.0 Å². The summed E-state index contributed by atoms with van der Waals surface area (Å²) in [6.45, 7) is 27.6. The van der Waals surface area contributed by atoms with Crippen molar-refractivity contribution >= 4 is 88.7 Å². The lowest BCUT2D eigenvalue weighted by Gasteiger charge is -2.20. The van der Waals surface area contributed by atoms with Crippen molar-refractivity contribution in [3.63, 3.8) is 0 Å². The Bertz CT molecular complexity index is 2440. The number of para-hydroxylation sites is 1. The van der Waals surface area contributed by atoms with Crippen molar-refractivity contribution in [3.8, 4) is 5.82 Å². The van der Waals surface area contributed by atoms with Crippen LogP contribution < -0.4 is 10.6 Å². The number of nitrogens with zero attached hydrogens (tertiary/aromatic N) is 8. The van der Waals surface area contributed by atoms with Gasteiger partial charge in [-0.2, -0.15) is 5.10 Å². The maximum absolute atomic E-state index is 13.1. The van der Waals surface area contributed by atoms with E-state index < -0.39 is 21.7 Å². The van der Waals surface area contributed by atoms with Gasteiger partial charge in [0.1, 0.15) is 29.1 Å². The van der Waals surface area contributed by atoms with E-state index in [9.17, 15) is 9.59 Å². The van der Waals surface area contributed by atoms with Crippen molar-refractivity contribution in [2.24, 2.45) is 0 Å². The molecule has 2 N–H and O–H groups in total. The van der Waals surface area contributed by atoms with Gasteiger partial charge in [0.05, 0.1) is 29.0 Å². The van der Waals surface area contributed by atoms with E-state index >= 15 is 0 Å². The van der Waals surface area contributed by atoms with E-state index in [0.29, 0.717) is 75.7 Å². The fraction of sp³-hybridized carbons (Fsp3) is 0.488. The van der Waals surface area contributed by atoms with Gasteiger partial charge in [0.15, 0.2) is 22.3 Å². The quantitative estimate of drug-likeness (QED) is 0.0852. The Morgan fingerprint density at radius 2 is 1.22 bits per heavy atom. The molecule has 0 bridgehead atoms. The Morgan fingerprint density at radius 1 is 0.746 bits per heavy atom. The summed E-state index contributed by atoms with van der Waals surface area (Å²) in [6, 6.07) is 9.81. The summed E-state index contributed by atoms with van der Waals surface area (Å²) < 4.78 is 17.7. The number of nitrogens with one attached hydrogen (secondary N) is 2. The number of amides is 2. The standard InChI is InChI=1S/C24H31ClN6O2Si.C17H27BrN4O2Si/c1-24(2,3)28-23(32)17-14-30(15-33-11-12-34(4,5)6)22-20(17)27-19(13-26-22)31-18-10-8-7-9-16(18)21(25)29-31;1-17(2,3)21-16(23)12-10-22(11-24-7-8-25(4,5)6)15-14(12)20-13(18)9-19-15/h7-10,13-14H,11-12,15H2,1-6H3,(H,28,32);9-10H,7-8,11H2,1-6H3,(H,21,23). The number of halogens is 2. The highest BCUT2D eigenvalue weighted by Gasteiger charge is 2.25. The van der Waals surface area contributed by atoms with Crippen LogP contribution in [0.4, 0.5) is 0 Å². The van der Waals surface area contributed by atoms with Gasteiger partial charge >= 0.3 is 0 Å². The molecule has 14 nitrogen and oxygen atoms in total. The van der Waals surface area contributed by atoms with Gasteiger partial charge in [-0.15, -0.1) is 0 Å². The topological polar surface area (TPSA) is 156 Å². The van der Waals surface area contributed by atoms with E-state index in [1.165, 1.54) is 0 Å². The molecule has 0 saturated carbocycles. The second-order valence-corrected chi connectivity index (χ2v) is 31.5. The number of rotatable bonds is 13. The van der Waals surface area contributed by atoms with E-state index in [4.69, 9.17) is 26.1 Å². The third kappa shape index (κ3) is 12.8. The van der Waals surface area contributed by atoms with E-state index in [1.54, 1.807) is 29.5 Å². The molecule has 318 valence electrons. The molecule has 0 fully saturated rings. The molecule has 0 atom stereocenters. The van der Waals surface area contributed by atoms with Crippen LogP contribution in [0.2, 0.25) is 56.5 Å². The second kappa shape index (κ2) is 18.3. The molecule has 0 saturated heterocycles. The first-order chi connectivity index (χ1) is 27.4. The fourth-order valence-electron chi connectivity index (χ4n) is 5.81.